The van der Waals surface area contributed by atoms with E-state index in [1.807, 2.05) is 0 Å². The van der Waals surface area contributed by atoms with Gasteiger partial charge in [-0.25, -0.2) is 0 Å². The van der Waals surface area contributed by atoms with Crippen LogP contribution < -0.4 is 5.56 Å². The summed E-state index contributed by atoms with van der Waals surface area (Å²) < 4.78 is 39.1. The van der Waals surface area contributed by atoms with Gasteiger partial charge in [0.05, 0.1) is 16.7 Å². The maximum atomic E-state index is 12.7. The fourth-order valence-corrected chi connectivity index (χ4v) is 2.72. The molecule has 2 amide bonds. The molecule has 0 atom stereocenters. The van der Waals surface area contributed by atoms with E-state index >= 15 is 0 Å². The van der Waals surface area contributed by atoms with Crippen LogP contribution in [-0.2, 0) is 12.7 Å². The molecule has 2 heterocycles. The van der Waals surface area contributed by atoms with E-state index in [0.717, 1.165) is 27.8 Å². The summed E-state index contributed by atoms with van der Waals surface area (Å²) in [6, 6.07) is 7.97. The summed E-state index contributed by atoms with van der Waals surface area (Å²) >= 11 is 0. The molecule has 0 N–H and O–H groups in total. The summed E-state index contributed by atoms with van der Waals surface area (Å²) in [7, 11) is 0. The predicted octanol–water partition coefficient (Wildman–Crippen LogP) is 2.55. The third kappa shape index (κ3) is 3.19. The number of halogens is 3. The molecule has 0 radical (unpaired) electrons. The highest BCUT2D eigenvalue weighted by molar-refractivity contribution is 6.21. The second kappa shape index (κ2) is 6.19. The Morgan fingerprint density at radius 1 is 0.840 bits per heavy atom. The SMILES string of the molecule is O=C1c2ccccc2C(=O)N1CCCn1cc(C(F)(F)F)ccc1=O. The maximum Gasteiger partial charge on any atom is 0.417 e. The molecule has 0 aliphatic carbocycles. The summed E-state index contributed by atoms with van der Waals surface area (Å²) in [4.78, 5) is 37.1. The highest BCUT2D eigenvalue weighted by Crippen LogP contribution is 2.28. The molecule has 0 saturated heterocycles. The van der Waals surface area contributed by atoms with Gasteiger partial charge in [-0.3, -0.25) is 19.3 Å². The van der Waals surface area contributed by atoms with Crippen LogP contribution in [0.5, 0.6) is 0 Å². The monoisotopic (exact) mass is 350 g/mol. The van der Waals surface area contributed by atoms with Crippen molar-refractivity contribution < 1.29 is 22.8 Å². The number of carbonyl (C=O) groups excluding carboxylic acids is 2. The molecule has 0 fully saturated rings. The lowest BCUT2D eigenvalue weighted by Gasteiger charge is -2.15. The largest absolute Gasteiger partial charge is 0.417 e. The molecular formula is C17H13F3N2O3. The molecule has 3 rings (SSSR count). The molecule has 8 heteroatoms. The number of imide groups is 1. The third-order valence-corrected chi connectivity index (χ3v) is 3.97. The average molecular weight is 350 g/mol. The lowest BCUT2D eigenvalue weighted by molar-refractivity contribution is -0.138. The van der Waals surface area contributed by atoms with Crippen LogP contribution >= 0.6 is 0 Å². The molecule has 0 bridgehead atoms. The first-order chi connectivity index (χ1) is 11.8. The molecule has 0 saturated carbocycles. The zero-order valence-corrected chi connectivity index (χ0v) is 12.9. The molecule has 130 valence electrons. The van der Waals surface area contributed by atoms with Gasteiger partial charge in [-0.2, -0.15) is 13.2 Å². The average Bonchev–Trinajstić information content (AvgIpc) is 2.81. The highest BCUT2D eigenvalue weighted by Gasteiger charge is 2.34. The summed E-state index contributed by atoms with van der Waals surface area (Å²) in [5.41, 5.74) is -0.879. The van der Waals surface area contributed by atoms with Crippen molar-refractivity contribution in [1.82, 2.24) is 9.47 Å². The van der Waals surface area contributed by atoms with Crippen LogP contribution in [0.15, 0.2) is 47.4 Å². The standard InChI is InChI=1S/C17H13F3N2O3/c18-17(19,20)11-6-7-14(23)21(10-11)8-3-9-22-15(24)12-4-1-2-5-13(12)16(22)25/h1-2,4-7,10H,3,8-9H2. The van der Waals surface area contributed by atoms with E-state index in [4.69, 9.17) is 0 Å². The summed E-state index contributed by atoms with van der Waals surface area (Å²) in [5.74, 6) is -0.867. The first kappa shape index (κ1) is 16.9. The Bertz CT molecular complexity index is 867. The molecule has 2 aromatic rings. The first-order valence-corrected chi connectivity index (χ1v) is 7.52. The Morgan fingerprint density at radius 3 is 2.00 bits per heavy atom. The molecule has 0 unspecified atom stereocenters. The van der Waals surface area contributed by atoms with Gasteiger partial charge in [0, 0.05) is 25.4 Å². The number of aromatic nitrogens is 1. The van der Waals surface area contributed by atoms with Crippen molar-refractivity contribution >= 4 is 11.8 Å². The second-order valence-corrected chi connectivity index (χ2v) is 5.61. The molecule has 0 spiro atoms. The first-order valence-electron chi connectivity index (χ1n) is 7.52. The Hall–Kier alpha value is -2.90. The maximum absolute atomic E-state index is 12.7. The van der Waals surface area contributed by atoms with E-state index in [2.05, 4.69) is 0 Å². The fourth-order valence-electron chi connectivity index (χ4n) is 2.72. The second-order valence-electron chi connectivity index (χ2n) is 5.61. The van der Waals surface area contributed by atoms with Crippen molar-refractivity contribution in [2.75, 3.05) is 6.54 Å². The van der Waals surface area contributed by atoms with Crippen LogP contribution in [0.2, 0.25) is 0 Å². The number of amides is 2. The van der Waals surface area contributed by atoms with Gasteiger partial charge in [-0.15, -0.1) is 0 Å². The third-order valence-electron chi connectivity index (χ3n) is 3.97. The number of benzene rings is 1. The number of pyridine rings is 1. The normalized spacial score (nSPS) is 14.1. The number of aryl methyl sites for hydroxylation is 1. The Morgan fingerprint density at radius 2 is 1.44 bits per heavy atom. The van der Waals surface area contributed by atoms with Crippen LogP contribution in [0.4, 0.5) is 13.2 Å². The lowest BCUT2D eigenvalue weighted by Crippen LogP contribution is -2.32. The Balaban J connectivity index is 1.70. The van der Waals surface area contributed by atoms with E-state index in [9.17, 15) is 27.6 Å². The molecule has 25 heavy (non-hydrogen) atoms. The summed E-state index contributed by atoms with van der Waals surface area (Å²) in [5, 5.41) is 0. The zero-order valence-electron chi connectivity index (χ0n) is 12.9. The van der Waals surface area contributed by atoms with Crippen LogP contribution in [-0.4, -0.2) is 27.8 Å². The smallest absolute Gasteiger partial charge is 0.315 e. The topological polar surface area (TPSA) is 59.4 Å². The zero-order chi connectivity index (χ0) is 18.2. The van der Waals surface area contributed by atoms with E-state index < -0.39 is 29.1 Å². The van der Waals surface area contributed by atoms with E-state index in [1.165, 1.54) is 0 Å². The van der Waals surface area contributed by atoms with Gasteiger partial charge in [0.2, 0.25) is 0 Å². The van der Waals surface area contributed by atoms with Crippen molar-refractivity contribution in [2.24, 2.45) is 0 Å². The number of carbonyl (C=O) groups is 2. The molecular weight excluding hydrogens is 337 g/mol. The van der Waals surface area contributed by atoms with Gasteiger partial charge in [-0.1, -0.05) is 12.1 Å². The highest BCUT2D eigenvalue weighted by atomic mass is 19.4. The van der Waals surface area contributed by atoms with Gasteiger partial charge < -0.3 is 4.57 Å². The van der Waals surface area contributed by atoms with Crippen LogP contribution in [0.1, 0.15) is 32.7 Å². The van der Waals surface area contributed by atoms with E-state index in [-0.39, 0.29) is 19.5 Å². The van der Waals surface area contributed by atoms with Gasteiger partial charge in [0.25, 0.3) is 17.4 Å². The van der Waals surface area contributed by atoms with E-state index in [1.54, 1.807) is 24.3 Å². The van der Waals surface area contributed by atoms with Gasteiger partial charge in [0.1, 0.15) is 0 Å². The van der Waals surface area contributed by atoms with Crippen molar-refractivity contribution in [3.8, 4) is 0 Å². The van der Waals surface area contributed by atoms with Crippen molar-refractivity contribution in [3.63, 3.8) is 0 Å². The number of nitrogens with zero attached hydrogens (tertiary/aromatic N) is 2. The van der Waals surface area contributed by atoms with Gasteiger partial charge >= 0.3 is 6.18 Å². The number of hydrogen-bond acceptors (Lipinski definition) is 3. The van der Waals surface area contributed by atoms with E-state index in [0.29, 0.717) is 11.1 Å². The Kier molecular flexibility index (Phi) is 4.20. The van der Waals surface area contributed by atoms with Gasteiger partial charge in [0.15, 0.2) is 0 Å². The van der Waals surface area contributed by atoms with Crippen molar-refractivity contribution in [3.05, 3.63) is 69.6 Å². The van der Waals surface area contributed by atoms with Crippen LogP contribution in [0, 0.1) is 0 Å². The molecule has 1 aromatic heterocycles. The number of fused-ring (bicyclic) bond motifs is 1. The lowest BCUT2D eigenvalue weighted by atomic mass is 10.1. The predicted molar refractivity (Wildman–Crippen MR) is 82.1 cm³/mol. The molecule has 1 aromatic carbocycles. The van der Waals surface area contributed by atoms with Crippen molar-refractivity contribution in [2.45, 2.75) is 19.1 Å². The fraction of sp³-hybridized carbons (Fsp3) is 0.235. The minimum atomic E-state index is -4.54. The number of alkyl halides is 3. The molecule has 1 aliphatic heterocycles. The number of rotatable bonds is 4. The van der Waals surface area contributed by atoms with Crippen molar-refractivity contribution in [1.29, 1.82) is 0 Å². The minimum absolute atomic E-state index is 0.0228. The molecule has 1 aliphatic rings. The summed E-state index contributed by atoms with van der Waals surface area (Å²) in [6.45, 7) is -0.00874. The molecule has 5 nitrogen and oxygen atoms in total. The Labute approximate surface area is 140 Å². The minimum Gasteiger partial charge on any atom is -0.315 e. The van der Waals surface area contributed by atoms with Gasteiger partial charge in [-0.05, 0) is 24.6 Å². The summed E-state index contributed by atoms with van der Waals surface area (Å²) in [6.07, 6.45) is -3.63. The van der Waals surface area contributed by atoms with Crippen LogP contribution in [0.3, 0.4) is 0 Å². The number of hydrogen-bond donors (Lipinski definition) is 0. The van der Waals surface area contributed by atoms with Crippen LogP contribution in [0.25, 0.3) is 0 Å². The quantitative estimate of drug-likeness (QED) is 0.797.